The summed E-state index contributed by atoms with van der Waals surface area (Å²) in [6.07, 6.45) is 2.93. The molecule has 0 aliphatic carbocycles. The molecule has 7 heteroatoms. The van der Waals surface area contributed by atoms with Crippen LogP contribution in [0.2, 0.25) is 0 Å². The fraction of sp³-hybridized carbons (Fsp3) is 0.182. The van der Waals surface area contributed by atoms with E-state index in [-0.39, 0.29) is 11.2 Å². The minimum atomic E-state index is -0.370. The van der Waals surface area contributed by atoms with Gasteiger partial charge < -0.3 is 20.8 Å². The molecule has 2 aromatic heterocycles. The fourth-order valence-corrected chi connectivity index (χ4v) is 1.47. The minimum Gasteiger partial charge on any atom is -0.481 e. The molecule has 0 amide bonds. The number of nitrogen functional groups attached to an aromatic ring is 1. The summed E-state index contributed by atoms with van der Waals surface area (Å²) in [6, 6.07) is 3.66. The highest BCUT2D eigenvalue weighted by Gasteiger charge is 2.06. The lowest BCUT2D eigenvalue weighted by Crippen LogP contribution is -2.16. The maximum Gasteiger partial charge on any atom is 0.276 e. The van der Waals surface area contributed by atoms with Crippen LogP contribution in [0, 0.1) is 0 Å². The summed E-state index contributed by atoms with van der Waals surface area (Å²) in [5.74, 6) is 0.859. The zero-order valence-corrected chi connectivity index (χ0v) is 9.80. The number of H-pyrrole nitrogens is 1. The largest absolute Gasteiger partial charge is 0.481 e. The molecule has 0 bridgehead atoms. The number of ether oxygens (including phenoxy) is 1. The smallest absolute Gasteiger partial charge is 0.276 e. The predicted molar refractivity (Wildman–Crippen MR) is 67.4 cm³/mol. The van der Waals surface area contributed by atoms with Gasteiger partial charge in [0.15, 0.2) is 5.82 Å². The van der Waals surface area contributed by atoms with Gasteiger partial charge in [-0.25, -0.2) is 9.97 Å². The van der Waals surface area contributed by atoms with Crippen molar-refractivity contribution in [3.63, 3.8) is 0 Å². The van der Waals surface area contributed by atoms with Gasteiger partial charge in [-0.2, -0.15) is 0 Å². The molecule has 0 saturated carbocycles. The monoisotopic (exact) mass is 247 g/mol. The molecule has 7 nitrogen and oxygen atoms in total. The van der Waals surface area contributed by atoms with Crippen molar-refractivity contribution in [2.45, 2.75) is 6.54 Å². The van der Waals surface area contributed by atoms with E-state index >= 15 is 0 Å². The Morgan fingerprint density at radius 3 is 3.11 bits per heavy atom. The van der Waals surface area contributed by atoms with E-state index in [0.717, 1.165) is 5.56 Å². The van der Waals surface area contributed by atoms with Crippen LogP contribution in [0.3, 0.4) is 0 Å². The molecule has 0 aliphatic rings. The lowest BCUT2D eigenvalue weighted by molar-refractivity contribution is 0.393. The van der Waals surface area contributed by atoms with Crippen molar-refractivity contribution in [3.05, 3.63) is 40.6 Å². The molecule has 0 saturated heterocycles. The van der Waals surface area contributed by atoms with Gasteiger partial charge in [0.25, 0.3) is 5.56 Å². The predicted octanol–water partition coefficient (Wildman–Crippen LogP) is 0.368. The Hall–Kier alpha value is -2.57. The standard InChI is InChI=1S/C11H13N5O2/c1-18-11-7(3-2-4-13-11)5-14-9-8(12)10(17)16-6-15-9/h2-4,6H,5,12H2,1H3,(H2,14,15,16,17). The first kappa shape index (κ1) is 11.9. The average molecular weight is 247 g/mol. The summed E-state index contributed by atoms with van der Waals surface area (Å²) in [7, 11) is 1.55. The van der Waals surface area contributed by atoms with E-state index in [9.17, 15) is 4.79 Å². The van der Waals surface area contributed by atoms with Crippen molar-refractivity contribution in [1.29, 1.82) is 0 Å². The van der Waals surface area contributed by atoms with Gasteiger partial charge in [-0.3, -0.25) is 4.79 Å². The third-order valence-corrected chi connectivity index (χ3v) is 2.38. The number of hydrogen-bond acceptors (Lipinski definition) is 6. The zero-order valence-electron chi connectivity index (χ0n) is 9.80. The van der Waals surface area contributed by atoms with Crippen molar-refractivity contribution in [1.82, 2.24) is 15.0 Å². The van der Waals surface area contributed by atoms with E-state index in [4.69, 9.17) is 10.5 Å². The molecule has 0 aromatic carbocycles. The van der Waals surface area contributed by atoms with Crippen LogP contribution in [-0.2, 0) is 6.54 Å². The van der Waals surface area contributed by atoms with Crippen molar-refractivity contribution >= 4 is 11.5 Å². The molecule has 0 atom stereocenters. The highest BCUT2D eigenvalue weighted by molar-refractivity contribution is 5.59. The molecule has 4 N–H and O–H groups in total. The van der Waals surface area contributed by atoms with E-state index < -0.39 is 0 Å². The second-order valence-electron chi connectivity index (χ2n) is 3.52. The van der Waals surface area contributed by atoms with Gasteiger partial charge in [0.2, 0.25) is 5.88 Å². The number of aromatic amines is 1. The van der Waals surface area contributed by atoms with Crippen LogP contribution in [0.15, 0.2) is 29.5 Å². The molecule has 2 rings (SSSR count). The molecule has 0 fully saturated rings. The lowest BCUT2D eigenvalue weighted by Gasteiger charge is -2.09. The summed E-state index contributed by atoms with van der Waals surface area (Å²) in [5.41, 5.74) is 6.14. The van der Waals surface area contributed by atoms with Gasteiger partial charge in [-0.15, -0.1) is 0 Å². The van der Waals surface area contributed by atoms with Crippen molar-refractivity contribution in [3.8, 4) is 5.88 Å². The van der Waals surface area contributed by atoms with Crippen LogP contribution in [0.25, 0.3) is 0 Å². The third kappa shape index (κ3) is 2.40. The number of pyridine rings is 1. The van der Waals surface area contributed by atoms with Crippen LogP contribution < -0.4 is 21.3 Å². The van der Waals surface area contributed by atoms with E-state index in [1.54, 1.807) is 19.4 Å². The normalized spacial score (nSPS) is 10.1. The Labute approximate surface area is 103 Å². The van der Waals surface area contributed by atoms with Gasteiger partial charge >= 0.3 is 0 Å². The summed E-state index contributed by atoms with van der Waals surface area (Å²) in [6.45, 7) is 0.414. The number of aromatic nitrogens is 3. The van der Waals surface area contributed by atoms with Gasteiger partial charge in [0, 0.05) is 18.3 Å². The second kappa shape index (κ2) is 5.17. The topological polar surface area (TPSA) is 106 Å². The van der Waals surface area contributed by atoms with Crippen LogP contribution in [0.5, 0.6) is 5.88 Å². The Bertz CT molecular complexity index is 596. The van der Waals surface area contributed by atoms with Gasteiger partial charge in [0.05, 0.1) is 13.4 Å². The Balaban J connectivity index is 2.16. The van der Waals surface area contributed by atoms with E-state index in [0.29, 0.717) is 18.2 Å². The van der Waals surface area contributed by atoms with Crippen molar-refractivity contribution < 1.29 is 4.74 Å². The molecule has 0 spiro atoms. The van der Waals surface area contributed by atoms with Gasteiger partial charge in [-0.1, -0.05) is 6.07 Å². The molecule has 0 unspecified atom stereocenters. The summed E-state index contributed by atoms with van der Waals surface area (Å²) >= 11 is 0. The van der Waals surface area contributed by atoms with Crippen LogP contribution in [0.4, 0.5) is 11.5 Å². The summed E-state index contributed by atoms with van der Waals surface area (Å²) in [5, 5.41) is 2.97. The molecule has 2 heterocycles. The van der Waals surface area contributed by atoms with Crippen LogP contribution in [-0.4, -0.2) is 22.1 Å². The van der Waals surface area contributed by atoms with Crippen LogP contribution >= 0.6 is 0 Å². The minimum absolute atomic E-state index is 0.0559. The third-order valence-electron chi connectivity index (χ3n) is 2.38. The lowest BCUT2D eigenvalue weighted by atomic mass is 10.2. The number of nitrogens with two attached hydrogens (primary N) is 1. The molecule has 18 heavy (non-hydrogen) atoms. The molecule has 0 aliphatic heterocycles. The van der Waals surface area contributed by atoms with Gasteiger partial charge in [-0.05, 0) is 6.07 Å². The highest BCUT2D eigenvalue weighted by atomic mass is 16.5. The number of anilines is 2. The molecule has 94 valence electrons. The van der Waals surface area contributed by atoms with E-state index in [2.05, 4.69) is 20.3 Å². The number of nitrogens with one attached hydrogen (secondary N) is 2. The summed E-state index contributed by atoms with van der Waals surface area (Å²) < 4.78 is 5.12. The van der Waals surface area contributed by atoms with Crippen LogP contribution in [0.1, 0.15) is 5.56 Å². The van der Waals surface area contributed by atoms with E-state index in [1.165, 1.54) is 6.33 Å². The maximum absolute atomic E-state index is 11.3. The van der Waals surface area contributed by atoms with E-state index in [1.807, 2.05) is 6.07 Å². The Morgan fingerprint density at radius 1 is 1.50 bits per heavy atom. The fourth-order valence-electron chi connectivity index (χ4n) is 1.47. The highest BCUT2D eigenvalue weighted by Crippen LogP contribution is 2.16. The molecular weight excluding hydrogens is 234 g/mol. The maximum atomic E-state index is 11.3. The van der Waals surface area contributed by atoms with Crippen molar-refractivity contribution in [2.75, 3.05) is 18.2 Å². The zero-order chi connectivity index (χ0) is 13.0. The van der Waals surface area contributed by atoms with Crippen molar-refractivity contribution in [2.24, 2.45) is 0 Å². The quantitative estimate of drug-likeness (QED) is 0.720. The first-order valence-corrected chi connectivity index (χ1v) is 5.27. The Kier molecular flexibility index (Phi) is 3.42. The Morgan fingerprint density at radius 2 is 2.33 bits per heavy atom. The molecular formula is C11H13N5O2. The molecule has 0 radical (unpaired) electrons. The first-order chi connectivity index (χ1) is 8.72. The SMILES string of the molecule is COc1ncccc1CNc1nc[nH]c(=O)c1N. The average Bonchev–Trinajstić information content (AvgIpc) is 2.41. The number of nitrogens with zero attached hydrogens (tertiary/aromatic N) is 2. The van der Waals surface area contributed by atoms with Gasteiger partial charge in [0.1, 0.15) is 5.69 Å². The number of hydrogen-bond donors (Lipinski definition) is 3. The number of methoxy groups -OCH3 is 1. The second-order valence-corrected chi connectivity index (χ2v) is 3.52. The number of rotatable bonds is 4. The molecule has 2 aromatic rings. The summed E-state index contributed by atoms with van der Waals surface area (Å²) in [4.78, 5) is 21.7. The first-order valence-electron chi connectivity index (χ1n) is 5.27.